The first-order chi connectivity index (χ1) is 8.66. The van der Waals surface area contributed by atoms with Gasteiger partial charge in [-0.05, 0) is 58.0 Å². The van der Waals surface area contributed by atoms with Gasteiger partial charge in [-0.3, -0.25) is 0 Å². The van der Waals surface area contributed by atoms with E-state index < -0.39 is 0 Å². The summed E-state index contributed by atoms with van der Waals surface area (Å²) in [4.78, 5) is 8.37. The molecule has 0 aliphatic carbocycles. The number of anilines is 1. The average molecular weight is 269 g/mol. The summed E-state index contributed by atoms with van der Waals surface area (Å²) < 4.78 is 0. The van der Waals surface area contributed by atoms with E-state index in [2.05, 4.69) is 15.3 Å². The molecule has 18 heavy (non-hydrogen) atoms. The van der Waals surface area contributed by atoms with Crippen molar-refractivity contribution in [3.63, 3.8) is 0 Å². The van der Waals surface area contributed by atoms with E-state index in [9.17, 15) is 0 Å². The Morgan fingerprint density at radius 1 is 1.33 bits per heavy atom. The Labute approximate surface area is 113 Å². The number of hydrogen-bond donors (Lipinski definition) is 2. The molecule has 1 atom stereocenters. The molecule has 100 valence electrons. The Balaban J connectivity index is 1.97. The van der Waals surface area contributed by atoms with Gasteiger partial charge >= 0.3 is 0 Å². The quantitative estimate of drug-likeness (QED) is 0.826. The Morgan fingerprint density at radius 2 is 2.17 bits per heavy atom. The molecule has 5 heteroatoms. The van der Waals surface area contributed by atoms with Crippen LogP contribution in [0.25, 0.3) is 0 Å². The molecule has 0 saturated carbocycles. The van der Waals surface area contributed by atoms with E-state index >= 15 is 0 Å². The van der Waals surface area contributed by atoms with Gasteiger partial charge in [0.2, 0.25) is 0 Å². The minimum Gasteiger partial charge on any atom is -0.383 e. The third kappa shape index (κ3) is 3.56. The van der Waals surface area contributed by atoms with Crippen molar-refractivity contribution in [2.45, 2.75) is 39.0 Å². The van der Waals surface area contributed by atoms with Gasteiger partial charge in [0.1, 0.15) is 16.8 Å². The molecule has 0 bridgehead atoms. The maximum absolute atomic E-state index is 6.14. The number of nitrogens with zero attached hydrogens (tertiary/aromatic N) is 2. The molecule has 4 nitrogen and oxygen atoms in total. The van der Waals surface area contributed by atoms with Crippen molar-refractivity contribution in [2.75, 3.05) is 18.8 Å². The maximum atomic E-state index is 6.14. The number of nitrogens with one attached hydrogen (secondary N) is 1. The van der Waals surface area contributed by atoms with Gasteiger partial charge in [0.15, 0.2) is 0 Å². The summed E-state index contributed by atoms with van der Waals surface area (Å²) >= 11 is 6.14. The van der Waals surface area contributed by atoms with Gasteiger partial charge < -0.3 is 11.1 Å². The molecule has 1 aliphatic heterocycles. The van der Waals surface area contributed by atoms with Crippen LogP contribution in [0.15, 0.2) is 0 Å². The summed E-state index contributed by atoms with van der Waals surface area (Å²) in [5.41, 5.74) is 6.84. The molecule has 0 aromatic carbocycles. The predicted octanol–water partition coefficient (Wildman–Crippen LogP) is 2.34. The van der Waals surface area contributed by atoms with Crippen molar-refractivity contribution in [1.82, 2.24) is 15.3 Å². The van der Waals surface area contributed by atoms with Crippen molar-refractivity contribution in [3.05, 3.63) is 16.5 Å². The minimum absolute atomic E-state index is 0.520. The van der Waals surface area contributed by atoms with E-state index in [0.717, 1.165) is 37.4 Å². The second-order valence-electron chi connectivity index (χ2n) is 5.01. The first-order valence-electron chi connectivity index (χ1n) is 6.66. The number of rotatable bonds is 3. The van der Waals surface area contributed by atoms with Gasteiger partial charge in [-0.2, -0.15) is 0 Å². The summed E-state index contributed by atoms with van der Waals surface area (Å²) in [5.74, 6) is 1.94. The number of hydrogen-bond acceptors (Lipinski definition) is 4. The highest BCUT2D eigenvalue weighted by Gasteiger charge is 2.15. The van der Waals surface area contributed by atoms with Crippen molar-refractivity contribution in [3.8, 4) is 0 Å². The molecule has 0 unspecified atom stereocenters. The monoisotopic (exact) mass is 268 g/mol. The van der Waals surface area contributed by atoms with E-state index in [1.54, 1.807) is 0 Å². The van der Waals surface area contributed by atoms with Crippen LogP contribution >= 0.6 is 11.6 Å². The Hall–Kier alpha value is -0.870. The summed E-state index contributed by atoms with van der Waals surface area (Å²) in [5, 5.41) is 3.95. The van der Waals surface area contributed by atoms with E-state index in [4.69, 9.17) is 17.3 Å². The zero-order chi connectivity index (χ0) is 13.0. The van der Waals surface area contributed by atoms with Crippen LogP contribution in [0.2, 0.25) is 5.15 Å². The summed E-state index contributed by atoms with van der Waals surface area (Å²) in [6.45, 7) is 4.08. The Kier molecular flexibility index (Phi) is 4.78. The van der Waals surface area contributed by atoms with Crippen molar-refractivity contribution < 1.29 is 0 Å². The third-order valence-electron chi connectivity index (χ3n) is 3.60. The van der Waals surface area contributed by atoms with Crippen LogP contribution in [0.4, 0.5) is 5.82 Å². The SMILES string of the molecule is Cc1nc(N)c(CC[C@@H]2CCCNCC2)c(Cl)n1. The number of aryl methyl sites for hydroxylation is 1. The lowest BCUT2D eigenvalue weighted by Crippen LogP contribution is -2.14. The highest BCUT2D eigenvalue weighted by Crippen LogP contribution is 2.25. The van der Waals surface area contributed by atoms with E-state index in [1.807, 2.05) is 6.92 Å². The highest BCUT2D eigenvalue weighted by molar-refractivity contribution is 6.30. The van der Waals surface area contributed by atoms with E-state index in [1.165, 1.54) is 19.3 Å². The number of nitrogen functional groups attached to an aromatic ring is 1. The Bertz CT molecular complexity index is 377. The van der Waals surface area contributed by atoms with Gasteiger partial charge in [0.25, 0.3) is 0 Å². The second-order valence-corrected chi connectivity index (χ2v) is 5.37. The topological polar surface area (TPSA) is 63.8 Å². The minimum atomic E-state index is 0.520. The lowest BCUT2D eigenvalue weighted by molar-refractivity contribution is 0.439. The van der Waals surface area contributed by atoms with Crippen molar-refractivity contribution in [2.24, 2.45) is 5.92 Å². The second kappa shape index (κ2) is 6.34. The standard InChI is InChI=1S/C13H21ClN4/c1-9-17-12(14)11(13(15)18-9)5-4-10-3-2-7-16-8-6-10/h10,16H,2-8H2,1H3,(H2,15,17,18)/t10-/m0/s1. The normalized spacial score (nSPS) is 20.7. The molecule has 1 aromatic rings. The van der Waals surface area contributed by atoms with Crippen LogP contribution in [-0.2, 0) is 6.42 Å². The Morgan fingerprint density at radius 3 is 2.94 bits per heavy atom. The van der Waals surface area contributed by atoms with Crippen molar-refractivity contribution >= 4 is 17.4 Å². The van der Waals surface area contributed by atoms with Crippen LogP contribution in [0.3, 0.4) is 0 Å². The summed E-state index contributed by atoms with van der Waals surface area (Å²) in [6, 6.07) is 0. The number of nitrogens with two attached hydrogens (primary N) is 1. The molecule has 2 heterocycles. The lowest BCUT2D eigenvalue weighted by Gasteiger charge is -2.14. The van der Waals surface area contributed by atoms with Gasteiger partial charge in [-0.1, -0.05) is 11.6 Å². The van der Waals surface area contributed by atoms with Gasteiger partial charge in [-0.25, -0.2) is 9.97 Å². The zero-order valence-corrected chi connectivity index (χ0v) is 11.6. The fourth-order valence-electron chi connectivity index (χ4n) is 2.54. The average Bonchev–Trinajstić information content (AvgIpc) is 2.56. The fourth-order valence-corrected chi connectivity index (χ4v) is 2.86. The number of halogens is 1. The van der Waals surface area contributed by atoms with Crippen LogP contribution in [0.1, 0.15) is 37.1 Å². The predicted molar refractivity (Wildman–Crippen MR) is 74.7 cm³/mol. The van der Waals surface area contributed by atoms with Gasteiger partial charge in [-0.15, -0.1) is 0 Å². The largest absolute Gasteiger partial charge is 0.383 e. The highest BCUT2D eigenvalue weighted by atomic mass is 35.5. The molecule has 1 aromatic heterocycles. The molecule has 1 aliphatic rings. The molecule has 1 fully saturated rings. The van der Waals surface area contributed by atoms with Crippen LogP contribution in [-0.4, -0.2) is 23.1 Å². The fraction of sp³-hybridized carbons (Fsp3) is 0.692. The molecule has 2 rings (SSSR count). The van der Waals surface area contributed by atoms with Crippen molar-refractivity contribution in [1.29, 1.82) is 0 Å². The van der Waals surface area contributed by atoms with Gasteiger partial charge in [0, 0.05) is 5.56 Å². The van der Waals surface area contributed by atoms with E-state index in [0.29, 0.717) is 16.8 Å². The smallest absolute Gasteiger partial charge is 0.138 e. The van der Waals surface area contributed by atoms with Crippen LogP contribution in [0, 0.1) is 12.8 Å². The lowest BCUT2D eigenvalue weighted by atomic mass is 9.93. The molecular weight excluding hydrogens is 248 g/mol. The first-order valence-corrected chi connectivity index (χ1v) is 7.04. The van der Waals surface area contributed by atoms with Crippen LogP contribution < -0.4 is 11.1 Å². The third-order valence-corrected chi connectivity index (χ3v) is 3.91. The summed E-state index contributed by atoms with van der Waals surface area (Å²) in [6.07, 6.45) is 5.80. The molecule has 3 N–H and O–H groups in total. The molecular formula is C13H21ClN4. The molecule has 0 radical (unpaired) electrons. The molecule has 0 spiro atoms. The van der Waals surface area contributed by atoms with E-state index in [-0.39, 0.29) is 0 Å². The zero-order valence-electron chi connectivity index (χ0n) is 10.9. The number of aromatic nitrogens is 2. The maximum Gasteiger partial charge on any atom is 0.138 e. The first kappa shape index (κ1) is 13.6. The van der Waals surface area contributed by atoms with Crippen LogP contribution in [0.5, 0.6) is 0 Å². The van der Waals surface area contributed by atoms with Gasteiger partial charge in [0.05, 0.1) is 0 Å². The molecule has 0 amide bonds. The molecule has 1 saturated heterocycles. The summed E-state index contributed by atoms with van der Waals surface area (Å²) in [7, 11) is 0.